The highest BCUT2D eigenvalue weighted by molar-refractivity contribution is 7.19. The van der Waals surface area contributed by atoms with E-state index < -0.39 is 0 Å². The minimum atomic E-state index is 0.523. The van der Waals surface area contributed by atoms with Crippen LogP contribution in [0, 0.1) is 5.92 Å². The molecular formula is C29H61P. The molecule has 2 atom stereocenters. The molecule has 0 aromatic rings. The van der Waals surface area contributed by atoms with Crippen molar-refractivity contribution >= 4 is 9.24 Å². The highest BCUT2D eigenvalue weighted by Gasteiger charge is 2.32. The minimum Gasteiger partial charge on any atom is -0.131 e. The van der Waals surface area contributed by atoms with E-state index in [1.54, 1.807) is 0 Å². The van der Waals surface area contributed by atoms with Crippen LogP contribution in [0.1, 0.15) is 175 Å². The molecule has 0 aromatic carbocycles. The third kappa shape index (κ3) is 17.0. The molecule has 0 aliphatic rings. The van der Waals surface area contributed by atoms with Gasteiger partial charge in [-0.15, -0.1) is 9.24 Å². The van der Waals surface area contributed by atoms with Gasteiger partial charge in [-0.3, -0.25) is 0 Å². The van der Waals surface area contributed by atoms with Crippen molar-refractivity contribution in [3.63, 3.8) is 0 Å². The standard InChI is InChI=1S/C29H61P/c1-5-9-13-17-21-25-28(24-20-16-12-8-4)29(30,26-22-18-14-10-6-2)27-23-19-15-11-7-3/h28H,5-27,30H2,1-4H3. The van der Waals surface area contributed by atoms with Crippen LogP contribution in [0.2, 0.25) is 0 Å². The highest BCUT2D eigenvalue weighted by atomic mass is 31.0. The van der Waals surface area contributed by atoms with Crippen molar-refractivity contribution in [3.8, 4) is 0 Å². The molecule has 0 saturated carbocycles. The third-order valence-electron chi connectivity index (χ3n) is 7.37. The van der Waals surface area contributed by atoms with Crippen LogP contribution in [-0.2, 0) is 0 Å². The maximum absolute atomic E-state index is 3.48. The summed E-state index contributed by atoms with van der Waals surface area (Å²) in [6.45, 7) is 9.35. The van der Waals surface area contributed by atoms with E-state index in [9.17, 15) is 0 Å². The Bertz CT molecular complexity index is 310. The Kier molecular flexibility index (Phi) is 22.9. The zero-order valence-corrected chi connectivity index (χ0v) is 23.1. The maximum atomic E-state index is 3.48. The van der Waals surface area contributed by atoms with Crippen molar-refractivity contribution in [2.24, 2.45) is 5.92 Å². The van der Waals surface area contributed by atoms with E-state index in [0.29, 0.717) is 5.16 Å². The molecule has 0 N–H and O–H groups in total. The van der Waals surface area contributed by atoms with E-state index >= 15 is 0 Å². The van der Waals surface area contributed by atoms with E-state index in [1.165, 1.54) is 148 Å². The fraction of sp³-hybridized carbons (Fsp3) is 1.00. The summed E-state index contributed by atoms with van der Waals surface area (Å²) < 4.78 is 0. The van der Waals surface area contributed by atoms with Gasteiger partial charge in [-0.1, -0.05) is 150 Å². The average molecular weight is 441 g/mol. The molecule has 0 rings (SSSR count). The fourth-order valence-corrected chi connectivity index (χ4v) is 5.92. The van der Waals surface area contributed by atoms with Crippen molar-refractivity contribution < 1.29 is 0 Å². The lowest BCUT2D eigenvalue weighted by molar-refractivity contribution is 0.269. The first-order chi connectivity index (χ1) is 14.6. The highest BCUT2D eigenvalue weighted by Crippen LogP contribution is 2.44. The second-order valence-electron chi connectivity index (χ2n) is 10.3. The first kappa shape index (κ1) is 30.4. The van der Waals surface area contributed by atoms with Crippen molar-refractivity contribution in [2.75, 3.05) is 0 Å². The van der Waals surface area contributed by atoms with Gasteiger partial charge in [0.25, 0.3) is 0 Å². The Labute approximate surface area is 195 Å². The van der Waals surface area contributed by atoms with Crippen LogP contribution in [0.3, 0.4) is 0 Å². The van der Waals surface area contributed by atoms with Gasteiger partial charge in [-0.25, -0.2) is 0 Å². The van der Waals surface area contributed by atoms with Crippen LogP contribution in [-0.4, -0.2) is 5.16 Å². The molecular weight excluding hydrogens is 379 g/mol. The smallest absolute Gasteiger partial charge is 0.0122 e. The van der Waals surface area contributed by atoms with Crippen molar-refractivity contribution in [3.05, 3.63) is 0 Å². The maximum Gasteiger partial charge on any atom is -0.0122 e. The van der Waals surface area contributed by atoms with Crippen LogP contribution in [0.15, 0.2) is 0 Å². The van der Waals surface area contributed by atoms with Crippen molar-refractivity contribution in [1.29, 1.82) is 0 Å². The number of unbranched alkanes of at least 4 members (excludes halogenated alkanes) is 15. The summed E-state index contributed by atoms with van der Waals surface area (Å²) in [5.74, 6) is 0.943. The summed E-state index contributed by atoms with van der Waals surface area (Å²) >= 11 is 0. The Morgan fingerprint density at radius 1 is 0.433 bits per heavy atom. The second kappa shape index (κ2) is 22.6. The molecule has 0 aliphatic heterocycles. The molecule has 30 heavy (non-hydrogen) atoms. The molecule has 0 fully saturated rings. The monoisotopic (exact) mass is 440 g/mol. The lowest BCUT2D eigenvalue weighted by Crippen LogP contribution is -2.32. The first-order valence-corrected chi connectivity index (χ1v) is 15.0. The van der Waals surface area contributed by atoms with Crippen LogP contribution < -0.4 is 0 Å². The summed E-state index contributed by atoms with van der Waals surface area (Å²) in [6, 6.07) is 0. The SMILES string of the molecule is CCCCCCCC(CCCCCC)C(P)(CCCCCCC)CCCCCCC. The Hall–Kier alpha value is 0.430. The molecule has 0 heterocycles. The quantitative estimate of drug-likeness (QED) is 0.103. The third-order valence-corrected chi connectivity index (χ3v) is 8.42. The molecule has 0 bridgehead atoms. The average Bonchev–Trinajstić information content (AvgIpc) is 2.74. The number of hydrogen-bond acceptors (Lipinski definition) is 0. The minimum absolute atomic E-state index is 0.523. The predicted molar refractivity (Wildman–Crippen MR) is 145 cm³/mol. The van der Waals surface area contributed by atoms with Crippen LogP contribution in [0.25, 0.3) is 0 Å². The fourth-order valence-electron chi connectivity index (χ4n) is 5.18. The molecule has 0 aliphatic carbocycles. The van der Waals surface area contributed by atoms with E-state index in [2.05, 4.69) is 36.9 Å². The molecule has 0 saturated heterocycles. The zero-order valence-electron chi connectivity index (χ0n) is 21.9. The second-order valence-corrected chi connectivity index (χ2v) is 11.5. The summed E-state index contributed by atoms with van der Waals surface area (Å²) in [5.41, 5.74) is 0. The van der Waals surface area contributed by atoms with Gasteiger partial charge >= 0.3 is 0 Å². The molecule has 1 heteroatoms. The summed E-state index contributed by atoms with van der Waals surface area (Å²) in [5, 5.41) is 0.523. The van der Waals surface area contributed by atoms with Crippen LogP contribution >= 0.6 is 9.24 Å². The van der Waals surface area contributed by atoms with E-state index in [-0.39, 0.29) is 0 Å². The van der Waals surface area contributed by atoms with Crippen LogP contribution in [0.5, 0.6) is 0 Å². The van der Waals surface area contributed by atoms with Gasteiger partial charge in [0.2, 0.25) is 0 Å². The molecule has 0 spiro atoms. The molecule has 0 nitrogen and oxygen atoms in total. The van der Waals surface area contributed by atoms with Gasteiger partial charge in [0.15, 0.2) is 0 Å². The topological polar surface area (TPSA) is 0 Å². The Morgan fingerprint density at radius 3 is 1.10 bits per heavy atom. The molecule has 0 aromatic heterocycles. The van der Waals surface area contributed by atoms with Crippen molar-refractivity contribution in [2.45, 2.75) is 181 Å². The van der Waals surface area contributed by atoms with Gasteiger partial charge < -0.3 is 0 Å². The lowest BCUT2D eigenvalue weighted by Gasteiger charge is -2.39. The zero-order chi connectivity index (χ0) is 22.3. The summed E-state index contributed by atoms with van der Waals surface area (Å²) in [7, 11) is 3.48. The van der Waals surface area contributed by atoms with Crippen molar-refractivity contribution in [1.82, 2.24) is 0 Å². The summed E-state index contributed by atoms with van der Waals surface area (Å²) in [6.07, 6.45) is 33.1. The molecule has 0 amide bonds. The Balaban J connectivity index is 4.84. The van der Waals surface area contributed by atoms with E-state index in [4.69, 9.17) is 0 Å². The number of rotatable bonds is 24. The largest absolute Gasteiger partial charge is 0.131 e. The summed E-state index contributed by atoms with van der Waals surface area (Å²) in [4.78, 5) is 0. The van der Waals surface area contributed by atoms with E-state index in [1.807, 2.05) is 0 Å². The molecule has 2 unspecified atom stereocenters. The van der Waals surface area contributed by atoms with Gasteiger partial charge in [-0.05, 0) is 36.8 Å². The lowest BCUT2D eigenvalue weighted by atomic mass is 9.77. The van der Waals surface area contributed by atoms with E-state index in [0.717, 1.165) is 5.92 Å². The molecule has 182 valence electrons. The van der Waals surface area contributed by atoms with Gasteiger partial charge in [-0.2, -0.15) is 0 Å². The first-order valence-electron chi connectivity index (χ1n) is 14.4. The molecule has 0 radical (unpaired) electrons. The Morgan fingerprint density at radius 2 is 0.733 bits per heavy atom. The van der Waals surface area contributed by atoms with Gasteiger partial charge in [0, 0.05) is 0 Å². The number of hydrogen-bond donors (Lipinski definition) is 0. The van der Waals surface area contributed by atoms with Gasteiger partial charge in [0.1, 0.15) is 0 Å². The normalized spacial score (nSPS) is 13.1. The predicted octanol–water partition coefficient (Wildman–Crippen LogP) is 11.3. The van der Waals surface area contributed by atoms with Crippen LogP contribution in [0.4, 0.5) is 0 Å². The van der Waals surface area contributed by atoms with Gasteiger partial charge in [0.05, 0.1) is 0 Å².